The Hall–Kier alpha value is -2.76. The van der Waals surface area contributed by atoms with Gasteiger partial charge in [0.25, 0.3) is 0 Å². The lowest BCUT2D eigenvalue weighted by atomic mass is 10.3. The van der Waals surface area contributed by atoms with E-state index in [9.17, 15) is 4.79 Å². The highest BCUT2D eigenvalue weighted by Gasteiger charge is 2.15. The average Bonchev–Trinajstić information content (AvgIpc) is 2.78. The number of hydrogen-bond acceptors (Lipinski definition) is 4. The van der Waals surface area contributed by atoms with Gasteiger partial charge >= 0.3 is 5.97 Å². The molecule has 0 radical (unpaired) electrons. The van der Waals surface area contributed by atoms with Crippen LogP contribution in [0.25, 0.3) is 22.6 Å². The number of carboxylic acids is 1. The van der Waals surface area contributed by atoms with Gasteiger partial charge in [-0.1, -0.05) is 12.1 Å². The standard InChI is InChI=1S/C14H12N4O2/c1-9-6-16-11(7-15-9)14-17-10-4-2-3-5-12(10)18(14)8-13(19)20/h2-7H,8H2,1H3,(H,19,20). The fraction of sp³-hybridized carbons (Fsp3) is 0.143. The number of aryl methyl sites for hydroxylation is 1. The molecule has 0 saturated carbocycles. The molecule has 20 heavy (non-hydrogen) atoms. The van der Waals surface area contributed by atoms with Crippen LogP contribution in [0.3, 0.4) is 0 Å². The van der Waals surface area contributed by atoms with Crippen LogP contribution in [0.1, 0.15) is 5.69 Å². The minimum Gasteiger partial charge on any atom is -0.480 e. The summed E-state index contributed by atoms with van der Waals surface area (Å²) in [4.78, 5) is 24.0. The van der Waals surface area contributed by atoms with Crippen molar-refractivity contribution in [3.8, 4) is 11.5 Å². The van der Waals surface area contributed by atoms with Crippen LogP contribution in [0.4, 0.5) is 0 Å². The van der Waals surface area contributed by atoms with Gasteiger partial charge in [-0.05, 0) is 19.1 Å². The molecule has 6 nitrogen and oxygen atoms in total. The first-order chi connectivity index (χ1) is 9.65. The Bertz CT molecular complexity index is 777. The minimum absolute atomic E-state index is 0.161. The number of hydrogen-bond donors (Lipinski definition) is 1. The summed E-state index contributed by atoms with van der Waals surface area (Å²) in [5.41, 5.74) is 2.88. The Balaban J connectivity index is 2.23. The summed E-state index contributed by atoms with van der Waals surface area (Å²) < 4.78 is 1.64. The summed E-state index contributed by atoms with van der Waals surface area (Å²) >= 11 is 0. The van der Waals surface area contributed by atoms with Crippen molar-refractivity contribution in [3.05, 3.63) is 42.4 Å². The third-order valence-electron chi connectivity index (χ3n) is 2.96. The monoisotopic (exact) mass is 268 g/mol. The molecule has 0 aliphatic heterocycles. The van der Waals surface area contributed by atoms with Crippen molar-refractivity contribution in [2.45, 2.75) is 13.5 Å². The molecule has 0 saturated heterocycles. The molecule has 0 aliphatic carbocycles. The summed E-state index contributed by atoms with van der Waals surface area (Å²) in [5, 5.41) is 9.08. The summed E-state index contributed by atoms with van der Waals surface area (Å²) in [6.07, 6.45) is 3.24. The third-order valence-corrected chi connectivity index (χ3v) is 2.96. The zero-order chi connectivity index (χ0) is 14.1. The fourth-order valence-corrected chi connectivity index (χ4v) is 2.07. The molecule has 2 aromatic heterocycles. The van der Waals surface area contributed by atoms with Gasteiger partial charge in [0.1, 0.15) is 12.2 Å². The first-order valence-corrected chi connectivity index (χ1v) is 6.11. The van der Waals surface area contributed by atoms with Gasteiger partial charge in [-0.25, -0.2) is 9.97 Å². The number of carboxylic acid groups (broad SMARTS) is 1. The lowest BCUT2D eigenvalue weighted by Gasteiger charge is -2.05. The molecule has 1 N–H and O–H groups in total. The number of aliphatic carboxylic acids is 1. The molecule has 6 heteroatoms. The maximum absolute atomic E-state index is 11.1. The molecule has 0 bridgehead atoms. The Kier molecular flexibility index (Phi) is 2.90. The topological polar surface area (TPSA) is 80.9 Å². The van der Waals surface area contributed by atoms with E-state index in [1.165, 1.54) is 0 Å². The highest BCUT2D eigenvalue weighted by atomic mass is 16.4. The summed E-state index contributed by atoms with van der Waals surface area (Å²) in [6.45, 7) is 1.68. The maximum atomic E-state index is 11.1. The molecule has 0 unspecified atom stereocenters. The van der Waals surface area contributed by atoms with E-state index in [0.29, 0.717) is 11.5 Å². The van der Waals surface area contributed by atoms with Crippen LogP contribution in [0.15, 0.2) is 36.7 Å². The van der Waals surface area contributed by atoms with Crippen LogP contribution in [-0.2, 0) is 11.3 Å². The van der Waals surface area contributed by atoms with E-state index in [2.05, 4.69) is 15.0 Å². The van der Waals surface area contributed by atoms with E-state index in [0.717, 1.165) is 16.7 Å². The number of benzene rings is 1. The SMILES string of the molecule is Cc1cnc(-c2nc3ccccc3n2CC(=O)O)cn1. The molecule has 3 aromatic rings. The minimum atomic E-state index is -0.922. The van der Waals surface area contributed by atoms with Crippen LogP contribution in [0, 0.1) is 6.92 Å². The van der Waals surface area contributed by atoms with Crippen molar-refractivity contribution in [2.75, 3.05) is 0 Å². The van der Waals surface area contributed by atoms with Crippen molar-refractivity contribution in [1.29, 1.82) is 0 Å². The molecule has 3 rings (SSSR count). The lowest BCUT2D eigenvalue weighted by molar-refractivity contribution is -0.137. The van der Waals surface area contributed by atoms with Gasteiger partial charge < -0.3 is 9.67 Å². The molecule has 0 aliphatic rings. The molecule has 0 spiro atoms. The van der Waals surface area contributed by atoms with E-state index in [1.807, 2.05) is 31.2 Å². The number of rotatable bonds is 3. The van der Waals surface area contributed by atoms with Gasteiger partial charge in [0.15, 0.2) is 5.82 Å². The predicted molar refractivity (Wildman–Crippen MR) is 73.1 cm³/mol. The second-order valence-corrected chi connectivity index (χ2v) is 4.45. The predicted octanol–water partition coefficient (Wildman–Crippen LogP) is 1.89. The molecule has 0 fully saturated rings. The van der Waals surface area contributed by atoms with Crippen molar-refractivity contribution < 1.29 is 9.90 Å². The van der Waals surface area contributed by atoms with E-state index >= 15 is 0 Å². The van der Waals surface area contributed by atoms with Crippen molar-refractivity contribution in [1.82, 2.24) is 19.5 Å². The second kappa shape index (κ2) is 4.73. The maximum Gasteiger partial charge on any atom is 0.323 e. The van der Waals surface area contributed by atoms with Crippen LogP contribution in [0.2, 0.25) is 0 Å². The molecule has 100 valence electrons. The second-order valence-electron chi connectivity index (χ2n) is 4.45. The normalized spacial score (nSPS) is 10.8. The largest absolute Gasteiger partial charge is 0.480 e. The van der Waals surface area contributed by atoms with E-state index in [-0.39, 0.29) is 6.54 Å². The quantitative estimate of drug-likeness (QED) is 0.784. The lowest BCUT2D eigenvalue weighted by Crippen LogP contribution is -2.10. The summed E-state index contributed by atoms with van der Waals surface area (Å²) in [5.74, 6) is -0.407. The summed E-state index contributed by atoms with van der Waals surface area (Å²) in [7, 11) is 0. The molecular formula is C14H12N4O2. The van der Waals surface area contributed by atoms with E-state index in [1.54, 1.807) is 17.0 Å². The Labute approximate surface area is 114 Å². The number of fused-ring (bicyclic) bond motifs is 1. The van der Waals surface area contributed by atoms with Gasteiger partial charge in [-0.3, -0.25) is 9.78 Å². The number of aromatic nitrogens is 4. The zero-order valence-corrected chi connectivity index (χ0v) is 10.8. The van der Waals surface area contributed by atoms with Crippen LogP contribution in [-0.4, -0.2) is 30.6 Å². The van der Waals surface area contributed by atoms with E-state index in [4.69, 9.17) is 5.11 Å². The molecule has 0 amide bonds. The van der Waals surface area contributed by atoms with E-state index < -0.39 is 5.97 Å². The number of carbonyl (C=O) groups is 1. The average molecular weight is 268 g/mol. The number of nitrogens with zero attached hydrogens (tertiary/aromatic N) is 4. The molecule has 0 atom stereocenters. The van der Waals surface area contributed by atoms with Crippen molar-refractivity contribution in [2.24, 2.45) is 0 Å². The van der Waals surface area contributed by atoms with Gasteiger partial charge in [0.2, 0.25) is 0 Å². The molecule has 2 heterocycles. The van der Waals surface area contributed by atoms with Crippen molar-refractivity contribution in [3.63, 3.8) is 0 Å². The van der Waals surface area contributed by atoms with Gasteiger partial charge in [0, 0.05) is 6.20 Å². The highest BCUT2D eigenvalue weighted by Crippen LogP contribution is 2.22. The number of para-hydroxylation sites is 2. The Morgan fingerprint density at radius 3 is 2.75 bits per heavy atom. The smallest absolute Gasteiger partial charge is 0.323 e. The number of imidazole rings is 1. The molecular weight excluding hydrogens is 256 g/mol. The fourth-order valence-electron chi connectivity index (χ4n) is 2.07. The Morgan fingerprint density at radius 1 is 1.25 bits per heavy atom. The molecule has 1 aromatic carbocycles. The highest BCUT2D eigenvalue weighted by molar-refractivity contribution is 5.82. The van der Waals surface area contributed by atoms with Crippen LogP contribution >= 0.6 is 0 Å². The van der Waals surface area contributed by atoms with Gasteiger partial charge in [-0.2, -0.15) is 0 Å². The Morgan fingerprint density at radius 2 is 2.05 bits per heavy atom. The third kappa shape index (κ3) is 2.11. The van der Waals surface area contributed by atoms with Gasteiger partial charge in [0.05, 0.1) is 22.9 Å². The van der Waals surface area contributed by atoms with Crippen LogP contribution in [0.5, 0.6) is 0 Å². The van der Waals surface area contributed by atoms with Gasteiger partial charge in [-0.15, -0.1) is 0 Å². The zero-order valence-electron chi connectivity index (χ0n) is 10.8. The van der Waals surface area contributed by atoms with Crippen molar-refractivity contribution >= 4 is 17.0 Å². The van der Waals surface area contributed by atoms with Crippen LogP contribution < -0.4 is 0 Å². The first kappa shape index (κ1) is 12.3. The summed E-state index contributed by atoms with van der Waals surface area (Å²) in [6, 6.07) is 7.41. The first-order valence-electron chi connectivity index (χ1n) is 6.11.